The maximum atomic E-state index is 11.5. The molecular weight excluding hydrogens is 412 g/mol. The number of aromatic nitrogens is 1. The number of thiazole rings is 1. The number of aryl methyl sites for hydroxylation is 2. The molecule has 1 heterocycles. The molecule has 0 unspecified atom stereocenters. The third kappa shape index (κ3) is 6.19. The molecule has 9 heteroatoms. The van der Waals surface area contributed by atoms with Crippen LogP contribution in [0, 0.1) is 13.8 Å². The summed E-state index contributed by atoms with van der Waals surface area (Å²) in [6.07, 6.45) is 1.80. The molecule has 31 heavy (non-hydrogen) atoms. The first-order valence-electron chi connectivity index (χ1n) is 9.60. The lowest BCUT2D eigenvalue weighted by molar-refractivity contribution is -0.142. The molecule has 3 rings (SSSR count). The molecule has 0 bridgehead atoms. The van der Waals surface area contributed by atoms with E-state index in [9.17, 15) is 4.79 Å². The minimum absolute atomic E-state index is 0.187. The Morgan fingerprint density at radius 3 is 2.29 bits per heavy atom. The highest BCUT2D eigenvalue weighted by Gasteiger charge is 2.08. The molecule has 0 aliphatic carbocycles. The van der Waals surface area contributed by atoms with Gasteiger partial charge >= 0.3 is 5.97 Å². The highest BCUT2D eigenvalue weighted by molar-refractivity contribution is 7.15. The molecule has 158 valence electrons. The van der Waals surface area contributed by atoms with E-state index in [1.807, 2.05) is 50.2 Å². The van der Waals surface area contributed by atoms with Crippen LogP contribution in [0.3, 0.4) is 0 Å². The van der Waals surface area contributed by atoms with Crippen molar-refractivity contribution >= 4 is 51.9 Å². The van der Waals surface area contributed by atoms with Crippen LogP contribution in [0.25, 0.3) is 0 Å². The van der Waals surface area contributed by atoms with Crippen LogP contribution < -0.4 is 0 Å². The largest absolute Gasteiger partial charge is 0.466 e. The van der Waals surface area contributed by atoms with Gasteiger partial charge in [0.2, 0.25) is 5.13 Å². The quantitative estimate of drug-likeness (QED) is 0.216. The van der Waals surface area contributed by atoms with Gasteiger partial charge in [-0.05, 0) is 75.0 Å². The van der Waals surface area contributed by atoms with Gasteiger partial charge in [-0.3, -0.25) is 9.79 Å². The number of esters is 1. The van der Waals surface area contributed by atoms with Gasteiger partial charge in [0.25, 0.3) is 0 Å². The summed E-state index contributed by atoms with van der Waals surface area (Å²) in [7, 11) is 0. The van der Waals surface area contributed by atoms with Gasteiger partial charge in [-0.1, -0.05) is 11.3 Å². The summed E-state index contributed by atoms with van der Waals surface area (Å²) in [5, 5.41) is 17.6. The topological polar surface area (TPSA) is 101 Å². The lowest BCUT2D eigenvalue weighted by Crippen LogP contribution is -2.06. The smallest absolute Gasteiger partial charge is 0.311 e. The van der Waals surface area contributed by atoms with Crippen molar-refractivity contribution in [3.63, 3.8) is 0 Å². The number of carbonyl (C=O) groups is 1. The minimum Gasteiger partial charge on any atom is -0.466 e. The summed E-state index contributed by atoms with van der Waals surface area (Å²) in [6.45, 7) is 9.54. The standard InChI is InChI=1S/C22H22N6O2S/c1-5-30-21(29)12-18-13-24-22(31-18)28-27-20-9-7-17(11-15(20)3)25-26-19-8-6-16(23-4)10-14(19)2/h6-11,13H,4-5,12H2,1-3H3. The van der Waals surface area contributed by atoms with Gasteiger partial charge in [0.1, 0.15) is 0 Å². The predicted molar refractivity (Wildman–Crippen MR) is 122 cm³/mol. The van der Waals surface area contributed by atoms with Gasteiger partial charge in [-0.2, -0.15) is 10.2 Å². The number of rotatable bonds is 8. The molecule has 0 fully saturated rings. The first kappa shape index (κ1) is 22.1. The zero-order chi connectivity index (χ0) is 22.2. The van der Waals surface area contributed by atoms with Crippen molar-refractivity contribution in [3.05, 3.63) is 58.6 Å². The van der Waals surface area contributed by atoms with Crippen LogP contribution >= 0.6 is 11.3 Å². The van der Waals surface area contributed by atoms with E-state index in [4.69, 9.17) is 4.74 Å². The summed E-state index contributed by atoms with van der Waals surface area (Å²) in [5.74, 6) is -0.279. The number of hydrogen-bond donors (Lipinski definition) is 0. The molecule has 0 aliphatic heterocycles. The Kier molecular flexibility index (Phi) is 7.45. The Labute approximate surface area is 184 Å². The SMILES string of the molecule is C=Nc1ccc(N=Nc2ccc(N=Nc3ncc(CC(=O)OCC)s3)c(C)c2)c(C)c1. The van der Waals surface area contributed by atoms with E-state index in [2.05, 4.69) is 37.2 Å². The monoisotopic (exact) mass is 434 g/mol. The molecule has 2 aromatic carbocycles. The second-order valence-corrected chi connectivity index (χ2v) is 7.68. The van der Waals surface area contributed by atoms with Crippen LogP contribution in [0.15, 0.2) is 68.0 Å². The molecule has 1 aromatic heterocycles. The van der Waals surface area contributed by atoms with Crippen molar-refractivity contribution < 1.29 is 9.53 Å². The second kappa shape index (κ2) is 10.4. The van der Waals surface area contributed by atoms with Crippen molar-refractivity contribution in [1.82, 2.24) is 4.98 Å². The van der Waals surface area contributed by atoms with E-state index in [1.165, 1.54) is 11.3 Å². The van der Waals surface area contributed by atoms with Crippen molar-refractivity contribution in [2.45, 2.75) is 27.2 Å². The molecule has 0 saturated carbocycles. The zero-order valence-corrected chi connectivity index (χ0v) is 18.4. The lowest BCUT2D eigenvalue weighted by atomic mass is 10.2. The molecular formula is C22H22N6O2S. The lowest BCUT2D eigenvalue weighted by Gasteiger charge is -2.02. The molecule has 0 spiro atoms. The highest BCUT2D eigenvalue weighted by atomic mass is 32.1. The number of azo groups is 2. The molecule has 0 saturated heterocycles. The fraction of sp³-hybridized carbons (Fsp3) is 0.227. The Hall–Kier alpha value is -3.59. The molecule has 8 nitrogen and oxygen atoms in total. The van der Waals surface area contributed by atoms with Gasteiger partial charge in [-0.25, -0.2) is 4.98 Å². The zero-order valence-electron chi connectivity index (χ0n) is 17.6. The van der Waals surface area contributed by atoms with Crippen LogP contribution in [-0.4, -0.2) is 24.3 Å². The van der Waals surface area contributed by atoms with Crippen LogP contribution in [0.4, 0.5) is 27.9 Å². The van der Waals surface area contributed by atoms with Crippen molar-refractivity contribution in [2.24, 2.45) is 25.4 Å². The second-order valence-electron chi connectivity index (χ2n) is 6.59. The Balaban J connectivity index is 1.67. The first-order chi connectivity index (χ1) is 15.0. The van der Waals surface area contributed by atoms with E-state index in [0.29, 0.717) is 23.1 Å². The van der Waals surface area contributed by atoms with Gasteiger partial charge in [0.15, 0.2) is 0 Å². The summed E-state index contributed by atoms with van der Waals surface area (Å²) < 4.78 is 4.94. The summed E-state index contributed by atoms with van der Waals surface area (Å²) in [5.41, 5.74) is 4.88. The van der Waals surface area contributed by atoms with Gasteiger partial charge < -0.3 is 4.74 Å². The fourth-order valence-corrected chi connectivity index (χ4v) is 3.37. The van der Waals surface area contributed by atoms with Gasteiger partial charge in [0, 0.05) is 11.1 Å². The summed E-state index contributed by atoms with van der Waals surface area (Å²) in [6, 6.07) is 11.2. The van der Waals surface area contributed by atoms with E-state index in [0.717, 1.165) is 27.4 Å². The summed E-state index contributed by atoms with van der Waals surface area (Å²) in [4.78, 5) is 20.4. The van der Waals surface area contributed by atoms with Crippen LogP contribution in [-0.2, 0) is 16.0 Å². The van der Waals surface area contributed by atoms with Crippen LogP contribution in [0.5, 0.6) is 0 Å². The average molecular weight is 435 g/mol. The highest BCUT2D eigenvalue weighted by Crippen LogP contribution is 2.30. The van der Waals surface area contributed by atoms with E-state index >= 15 is 0 Å². The molecule has 0 amide bonds. The van der Waals surface area contributed by atoms with Crippen molar-refractivity contribution in [3.8, 4) is 0 Å². The van der Waals surface area contributed by atoms with Gasteiger partial charge in [-0.15, -0.1) is 10.2 Å². The van der Waals surface area contributed by atoms with Gasteiger partial charge in [0.05, 0.1) is 35.8 Å². The minimum atomic E-state index is -0.279. The third-order valence-corrected chi connectivity index (χ3v) is 5.11. The Morgan fingerprint density at radius 2 is 1.65 bits per heavy atom. The molecule has 3 aromatic rings. The molecule has 0 radical (unpaired) electrons. The average Bonchev–Trinajstić information content (AvgIpc) is 3.19. The van der Waals surface area contributed by atoms with Crippen molar-refractivity contribution in [1.29, 1.82) is 0 Å². The molecule has 0 N–H and O–H groups in total. The van der Waals surface area contributed by atoms with E-state index < -0.39 is 0 Å². The number of ether oxygens (including phenoxy) is 1. The number of carbonyl (C=O) groups excluding carboxylic acids is 1. The normalized spacial score (nSPS) is 11.3. The maximum absolute atomic E-state index is 11.5. The van der Waals surface area contributed by atoms with E-state index in [1.54, 1.807) is 13.1 Å². The number of aliphatic imine (C=N–C) groups is 1. The molecule has 0 aliphatic rings. The maximum Gasteiger partial charge on any atom is 0.311 e. The number of hydrogen-bond acceptors (Lipinski definition) is 9. The summed E-state index contributed by atoms with van der Waals surface area (Å²) >= 11 is 1.31. The van der Waals surface area contributed by atoms with Crippen LogP contribution in [0.2, 0.25) is 0 Å². The number of nitrogens with zero attached hydrogens (tertiary/aromatic N) is 6. The first-order valence-corrected chi connectivity index (χ1v) is 10.4. The Morgan fingerprint density at radius 1 is 1.00 bits per heavy atom. The van der Waals surface area contributed by atoms with Crippen LogP contribution in [0.1, 0.15) is 22.9 Å². The third-order valence-electron chi connectivity index (χ3n) is 4.23. The Bertz CT molecular complexity index is 1150. The van der Waals surface area contributed by atoms with E-state index in [-0.39, 0.29) is 12.4 Å². The fourth-order valence-electron chi connectivity index (χ4n) is 2.65. The predicted octanol–water partition coefficient (Wildman–Crippen LogP) is 7.03. The van der Waals surface area contributed by atoms with Crippen molar-refractivity contribution in [2.75, 3.05) is 6.61 Å². The molecule has 0 atom stereocenters. The number of benzene rings is 2.